The van der Waals surface area contributed by atoms with Crippen molar-refractivity contribution in [3.8, 4) is 0 Å². The lowest BCUT2D eigenvalue weighted by atomic mass is 10.2. The molecule has 0 fully saturated rings. The second-order valence-corrected chi connectivity index (χ2v) is 9.01. The highest BCUT2D eigenvalue weighted by Crippen LogP contribution is 2.31. The SMILES string of the molecule is O=S(=O)(c1ccccc1)c1nnn2c1nc(Nc1cccc(F)c1)c1cc(Cl)ccc12. The van der Waals surface area contributed by atoms with E-state index in [4.69, 9.17) is 11.6 Å². The van der Waals surface area contributed by atoms with Crippen molar-refractivity contribution in [3.63, 3.8) is 0 Å². The maximum atomic E-state index is 13.7. The number of benzene rings is 3. The summed E-state index contributed by atoms with van der Waals surface area (Å²) in [5, 5.41) is 11.7. The van der Waals surface area contributed by atoms with E-state index in [2.05, 4.69) is 20.6 Å². The Kier molecular flexibility index (Phi) is 4.57. The van der Waals surface area contributed by atoms with Gasteiger partial charge in [0.05, 0.1) is 10.4 Å². The standard InChI is InChI=1S/C21H13ClFN5O2S/c22-13-9-10-18-17(11-13)19(24-15-6-4-5-14(23)12-15)25-20-21(26-27-28(18)20)31(29,30)16-7-2-1-3-8-16/h1-12H,(H,24,25). The van der Waals surface area contributed by atoms with E-state index in [9.17, 15) is 12.8 Å². The molecule has 1 N–H and O–H groups in total. The summed E-state index contributed by atoms with van der Waals surface area (Å²) in [5.41, 5.74) is 1.02. The van der Waals surface area contributed by atoms with Crippen molar-refractivity contribution in [2.45, 2.75) is 9.92 Å². The fourth-order valence-corrected chi connectivity index (χ4v) is 4.68. The molecule has 0 atom stereocenters. The highest BCUT2D eigenvalue weighted by Gasteiger charge is 2.27. The van der Waals surface area contributed by atoms with Gasteiger partial charge in [0, 0.05) is 16.1 Å². The molecule has 0 aliphatic heterocycles. The van der Waals surface area contributed by atoms with Crippen LogP contribution in [0.5, 0.6) is 0 Å². The number of halogens is 2. The van der Waals surface area contributed by atoms with Crippen LogP contribution >= 0.6 is 11.6 Å². The van der Waals surface area contributed by atoms with Crippen LogP contribution in [0.4, 0.5) is 15.9 Å². The number of rotatable bonds is 4. The highest BCUT2D eigenvalue weighted by molar-refractivity contribution is 7.91. The van der Waals surface area contributed by atoms with Gasteiger partial charge < -0.3 is 5.32 Å². The number of nitrogens with one attached hydrogen (secondary N) is 1. The largest absolute Gasteiger partial charge is 0.340 e. The Bertz CT molecular complexity index is 1550. The Morgan fingerprint density at radius 1 is 0.968 bits per heavy atom. The zero-order valence-electron chi connectivity index (χ0n) is 15.7. The van der Waals surface area contributed by atoms with Gasteiger partial charge in [0.25, 0.3) is 0 Å². The molecule has 7 nitrogen and oxygen atoms in total. The van der Waals surface area contributed by atoms with Crippen molar-refractivity contribution in [1.29, 1.82) is 0 Å². The molecular formula is C21H13ClFN5O2S. The molecule has 0 bridgehead atoms. The van der Waals surface area contributed by atoms with Crippen LogP contribution in [-0.4, -0.2) is 28.2 Å². The van der Waals surface area contributed by atoms with Gasteiger partial charge in [0.1, 0.15) is 11.6 Å². The molecule has 154 valence electrons. The molecule has 0 unspecified atom stereocenters. The lowest BCUT2D eigenvalue weighted by molar-refractivity contribution is 0.592. The predicted octanol–water partition coefficient (Wildman–Crippen LogP) is 4.65. The van der Waals surface area contributed by atoms with E-state index < -0.39 is 15.7 Å². The van der Waals surface area contributed by atoms with Gasteiger partial charge in [-0.2, -0.15) is 4.52 Å². The van der Waals surface area contributed by atoms with Gasteiger partial charge in [0.2, 0.25) is 14.9 Å². The molecule has 0 saturated heterocycles. The van der Waals surface area contributed by atoms with Crippen molar-refractivity contribution in [2.24, 2.45) is 0 Å². The molecule has 31 heavy (non-hydrogen) atoms. The average Bonchev–Trinajstić information content (AvgIpc) is 3.19. The van der Waals surface area contributed by atoms with Crippen LogP contribution in [0.25, 0.3) is 16.6 Å². The minimum atomic E-state index is -3.97. The van der Waals surface area contributed by atoms with E-state index in [-0.39, 0.29) is 15.6 Å². The summed E-state index contributed by atoms with van der Waals surface area (Å²) >= 11 is 6.17. The molecule has 0 saturated carbocycles. The van der Waals surface area contributed by atoms with Crippen LogP contribution in [-0.2, 0) is 9.84 Å². The lowest BCUT2D eigenvalue weighted by Gasteiger charge is -2.11. The van der Waals surface area contributed by atoms with Crippen molar-refractivity contribution >= 4 is 49.5 Å². The first-order chi connectivity index (χ1) is 14.9. The Balaban J connectivity index is 1.78. The van der Waals surface area contributed by atoms with E-state index in [1.807, 2.05) is 0 Å². The third kappa shape index (κ3) is 3.37. The van der Waals surface area contributed by atoms with Crippen LogP contribution < -0.4 is 5.32 Å². The zero-order valence-corrected chi connectivity index (χ0v) is 17.3. The van der Waals surface area contributed by atoms with Crippen molar-refractivity contribution in [1.82, 2.24) is 19.8 Å². The van der Waals surface area contributed by atoms with Crippen LogP contribution in [0.15, 0.2) is 82.7 Å². The first-order valence-corrected chi connectivity index (χ1v) is 11.0. The van der Waals surface area contributed by atoms with Gasteiger partial charge in [-0.3, -0.25) is 0 Å². The number of sulfone groups is 1. The number of nitrogens with zero attached hydrogens (tertiary/aromatic N) is 4. The predicted molar refractivity (Wildman–Crippen MR) is 115 cm³/mol. The molecule has 3 aromatic carbocycles. The molecule has 0 spiro atoms. The second-order valence-electron chi connectivity index (χ2n) is 6.70. The molecule has 5 aromatic rings. The first kappa shape index (κ1) is 19.4. The molecule has 5 rings (SSSR count). The zero-order chi connectivity index (χ0) is 21.6. The molecule has 0 radical (unpaired) electrons. The van der Waals surface area contributed by atoms with Crippen LogP contribution in [0.3, 0.4) is 0 Å². The fourth-order valence-electron chi connectivity index (χ4n) is 3.25. The summed E-state index contributed by atoms with van der Waals surface area (Å²) in [7, 11) is -3.97. The summed E-state index contributed by atoms with van der Waals surface area (Å²) in [6, 6.07) is 18.8. The quantitative estimate of drug-likeness (QED) is 0.426. The molecule has 0 aliphatic rings. The summed E-state index contributed by atoms with van der Waals surface area (Å²) in [4.78, 5) is 4.57. The Morgan fingerprint density at radius 2 is 1.77 bits per heavy atom. The minimum absolute atomic E-state index is 0.0394. The molecule has 10 heteroatoms. The van der Waals surface area contributed by atoms with Gasteiger partial charge in [-0.1, -0.05) is 41.1 Å². The monoisotopic (exact) mass is 453 g/mol. The van der Waals surface area contributed by atoms with Crippen molar-refractivity contribution in [2.75, 3.05) is 5.32 Å². The Morgan fingerprint density at radius 3 is 2.55 bits per heavy atom. The van der Waals surface area contributed by atoms with Crippen LogP contribution in [0.1, 0.15) is 0 Å². The number of aromatic nitrogens is 4. The van der Waals surface area contributed by atoms with Gasteiger partial charge in [-0.15, -0.1) is 5.10 Å². The molecule has 0 aliphatic carbocycles. The summed E-state index contributed by atoms with van der Waals surface area (Å²) in [5.74, 6) is -0.130. The topological polar surface area (TPSA) is 89.2 Å². The molecule has 0 amide bonds. The average molecular weight is 454 g/mol. The maximum absolute atomic E-state index is 13.7. The van der Waals surface area contributed by atoms with Gasteiger partial charge in [0.15, 0.2) is 5.65 Å². The number of hydrogen-bond acceptors (Lipinski definition) is 6. The van der Waals surface area contributed by atoms with E-state index >= 15 is 0 Å². The minimum Gasteiger partial charge on any atom is -0.340 e. The molecule has 2 aromatic heterocycles. The van der Waals surface area contributed by atoms with Crippen molar-refractivity contribution < 1.29 is 12.8 Å². The van der Waals surface area contributed by atoms with Gasteiger partial charge in [-0.25, -0.2) is 17.8 Å². The van der Waals surface area contributed by atoms with E-state index in [0.717, 1.165) is 0 Å². The molecular weight excluding hydrogens is 441 g/mol. The second kappa shape index (κ2) is 7.29. The lowest BCUT2D eigenvalue weighted by Crippen LogP contribution is -2.05. The number of hydrogen-bond donors (Lipinski definition) is 1. The maximum Gasteiger partial charge on any atom is 0.229 e. The Hall–Kier alpha value is -3.56. The summed E-state index contributed by atoms with van der Waals surface area (Å²) < 4.78 is 41.4. The highest BCUT2D eigenvalue weighted by atomic mass is 35.5. The van der Waals surface area contributed by atoms with Gasteiger partial charge >= 0.3 is 0 Å². The van der Waals surface area contributed by atoms with Gasteiger partial charge in [-0.05, 0) is 48.5 Å². The molecule has 2 heterocycles. The van der Waals surface area contributed by atoms with E-state index in [1.54, 1.807) is 48.5 Å². The first-order valence-electron chi connectivity index (χ1n) is 9.11. The smallest absolute Gasteiger partial charge is 0.229 e. The van der Waals surface area contributed by atoms with Crippen LogP contribution in [0.2, 0.25) is 5.02 Å². The Labute approximate surface area is 181 Å². The summed E-state index contributed by atoms with van der Waals surface area (Å²) in [6.45, 7) is 0. The third-order valence-corrected chi connectivity index (χ3v) is 6.57. The fraction of sp³-hybridized carbons (Fsp3) is 0. The van der Waals surface area contributed by atoms with Crippen molar-refractivity contribution in [3.05, 3.63) is 83.6 Å². The van der Waals surface area contributed by atoms with Crippen LogP contribution in [0, 0.1) is 5.82 Å². The van der Waals surface area contributed by atoms with E-state index in [0.29, 0.717) is 27.4 Å². The normalized spacial score (nSPS) is 11.8. The number of anilines is 2. The number of fused-ring (bicyclic) bond motifs is 3. The summed E-state index contributed by atoms with van der Waals surface area (Å²) in [6.07, 6.45) is 0. The van der Waals surface area contributed by atoms with E-state index in [1.165, 1.54) is 28.8 Å². The third-order valence-electron chi connectivity index (χ3n) is 4.67.